The molecule has 0 saturated carbocycles. The van der Waals surface area contributed by atoms with Crippen molar-refractivity contribution in [1.29, 1.82) is 0 Å². The van der Waals surface area contributed by atoms with Crippen LogP contribution in [0.4, 0.5) is 0 Å². The maximum atomic E-state index is 11.2. The number of sulfonamides is 1. The molecule has 0 aromatic rings. The third-order valence-corrected chi connectivity index (χ3v) is 2.40. The highest BCUT2D eigenvalue weighted by molar-refractivity contribution is 7.89. The van der Waals surface area contributed by atoms with Gasteiger partial charge in [-0.2, -0.15) is 0 Å². The number of carbonyl (C=O) groups is 1. The molecule has 0 heterocycles. The van der Waals surface area contributed by atoms with Crippen LogP contribution in [0.25, 0.3) is 0 Å². The predicted molar refractivity (Wildman–Crippen MR) is 58.5 cm³/mol. The van der Waals surface area contributed by atoms with E-state index in [1.165, 1.54) is 0 Å². The summed E-state index contributed by atoms with van der Waals surface area (Å²) in [7, 11) is -3.43. The van der Waals surface area contributed by atoms with Gasteiger partial charge in [-0.15, -0.1) is 0 Å². The Kier molecular flexibility index (Phi) is 5.19. The number of primary sulfonamides is 1. The van der Waals surface area contributed by atoms with Crippen molar-refractivity contribution < 1.29 is 13.2 Å². The smallest absolute Gasteiger partial charge is 0.221 e. The molecule has 7 heteroatoms. The summed E-state index contributed by atoms with van der Waals surface area (Å²) >= 11 is 0. The first kappa shape index (κ1) is 14.3. The van der Waals surface area contributed by atoms with E-state index in [4.69, 9.17) is 10.9 Å². The summed E-state index contributed by atoms with van der Waals surface area (Å²) in [6.45, 7) is 3.79. The van der Waals surface area contributed by atoms with Crippen LogP contribution in [0.1, 0.15) is 26.7 Å². The summed E-state index contributed by atoms with van der Waals surface area (Å²) in [5.74, 6) is -0.309. The van der Waals surface area contributed by atoms with Crippen molar-refractivity contribution >= 4 is 15.9 Å². The van der Waals surface area contributed by atoms with Crippen molar-refractivity contribution in [1.82, 2.24) is 5.32 Å². The maximum Gasteiger partial charge on any atom is 0.221 e. The summed E-state index contributed by atoms with van der Waals surface area (Å²) in [6, 6.07) is 0. The number of hydrogen-bond donors (Lipinski definition) is 3. The summed E-state index contributed by atoms with van der Waals surface area (Å²) in [4.78, 5) is 11.2. The van der Waals surface area contributed by atoms with Crippen molar-refractivity contribution in [3.63, 3.8) is 0 Å². The number of hydrogen-bond acceptors (Lipinski definition) is 4. The van der Waals surface area contributed by atoms with Crippen LogP contribution in [-0.4, -0.2) is 32.2 Å². The highest BCUT2D eigenvalue weighted by Gasteiger charge is 2.15. The molecule has 0 saturated heterocycles. The molecule has 0 aromatic heterocycles. The molecular weight excluding hydrogens is 218 g/mol. The molecule has 0 fully saturated rings. The van der Waals surface area contributed by atoms with E-state index in [-0.39, 0.29) is 18.1 Å². The predicted octanol–water partition coefficient (Wildman–Crippen LogP) is -1.09. The molecule has 0 aliphatic rings. The molecule has 0 aromatic carbocycles. The van der Waals surface area contributed by atoms with Crippen LogP contribution >= 0.6 is 0 Å². The van der Waals surface area contributed by atoms with Crippen LogP contribution in [0.15, 0.2) is 0 Å². The monoisotopic (exact) mass is 237 g/mol. The molecule has 6 nitrogen and oxygen atoms in total. The van der Waals surface area contributed by atoms with Crippen LogP contribution in [0.2, 0.25) is 0 Å². The molecule has 1 amide bonds. The number of carbonyl (C=O) groups excluding carboxylic acids is 1. The Bertz CT molecular complexity index is 306. The molecule has 15 heavy (non-hydrogen) atoms. The summed E-state index contributed by atoms with van der Waals surface area (Å²) < 4.78 is 21.1. The Morgan fingerprint density at radius 3 is 2.33 bits per heavy atom. The lowest BCUT2D eigenvalue weighted by atomic mass is 10.0. The van der Waals surface area contributed by atoms with Crippen molar-refractivity contribution in [2.45, 2.75) is 32.2 Å². The molecule has 0 bridgehead atoms. The zero-order valence-electron chi connectivity index (χ0n) is 9.12. The van der Waals surface area contributed by atoms with Crippen LogP contribution in [0.5, 0.6) is 0 Å². The standard InChI is InChI=1S/C8H19N3O3S/c1-8(2,9)6-7(12)11-4-3-5-15(10,13)14/h3-6,9H2,1-2H3,(H,11,12)(H2,10,13,14). The molecular formula is C8H19N3O3S. The Hall–Kier alpha value is -0.660. The molecule has 5 N–H and O–H groups in total. The number of rotatable bonds is 6. The Balaban J connectivity index is 3.66. The average Bonchev–Trinajstić information content (AvgIpc) is 1.92. The van der Waals surface area contributed by atoms with E-state index in [1.807, 2.05) is 0 Å². The number of amides is 1. The van der Waals surface area contributed by atoms with Gasteiger partial charge in [0, 0.05) is 18.5 Å². The van der Waals surface area contributed by atoms with Gasteiger partial charge >= 0.3 is 0 Å². The minimum absolute atomic E-state index is 0.126. The molecule has 0 aliphatic heterocycles. The summed E-state index contributed by atoms with van der Waals surface area (Å²) in [5.41, 5.74) is 5.08. The number of nitrogens with one attached hydrogen (secondary N) is 1. The fraction of sp³-hybridized carbons (Fsp3) is 0.875. The highest BCUT2D eigenvalue weighted by atomic mass is 32.2. The van der Waals surface area contributed by atoms with Gasteiger partial charge in [0.25, 0.3) is 0 Å². The molecule has 0 atom stereocenters. The Morgan fingerprint density at radius 2 is 1.93 bits per heavy atom. The highest BCUT2D eigenvalue weighted by Crippen LogP contribution is 2.02. The van der Waals surface area contributed by atoms with Gasteiger partial charge in [-0.05, 0) is 20.3 Å². The zero-order chi connectivity index (χ0) is 12.1. The normalized spacial score (nSPS) is 12.5. The van der Waals surface area contributed by atoms with E-state index in [2.05, 4.69) is 5.32 Å². The van der Waals surface area contributed by atoms with Crippen LogP contribution < -0.4 is 16.2 Å². The van der Waals surface area contributed by atoms with Crippen molar-refractivity contribution in [3.8, 4) is 0 Å². The van der Waals surface area contributed by atoms with Crippen molar-refractivity contribution in [2.24, 2.45) is 10.9 Å². The van der Waals surface area contributed by atoms with E-state index in [0.29, 0.717) is 13.0 Å². The van der Waals surface area contributed by atoms with Crippen molar-refractivity contribution in [3.05, 3.63) is 0 Å². The second-order valence-corrected chi connectivity index (χ2v) is 5.97. The lowest BCUT2D eigenvalue weighted by Gasteiger charge is -2.17. The van der Waals surface area contributed by atoms with Gasteiger partial charge in [-0.25, -0.2) is 13.6 Å². The molecule has 0 aliphatic carbocycles. The molecule has 0 spiro atoms. The minimum atomic E-state index is -3.43. The van der Waals surface area contributed by atoms with Crippen molar-refractivity contribution in [2.75, 3.05) is 12.3 Å². The van der Waals surface area contributed by atoms with Gasteiger partial charge in [-0.1, -0.05) is 0 Å². The quantitative estimate of drug-likeness (QED) is 0.509. The number of nitrogens with two attached hydrogens (primary N) is 2. The summed E-state index contributed by atoms with van der Waals surface area (Å²) in [5, 5.41) is 7.37. The molecule has 0 rings (SSSR count). The Labute approximate surface area is 90.4 Å². The summed E-state index contributed by atoms with van der Waals surface area (Å²) in [6.07, 6.45) is 0.526. The Morgan fingerprint density at radius 1 is 1.40 bits per heavy atom. The largest absolute Gasteiger partial charge is 0.356 e. The third-order valence-electron chi connectivity index (χ3n) is 1.54. The second kappa shape index (κ2) is 5.43. The first-order valence-electron chi connectivity index (χ1n) is 4.66. The first-order valence-corrected chi connectivity index (χ1v) is 6.38. The van der Waals surface area contributed by atoms with Gasteiger partial charge in [0.2, 0.25) is 15.9 Å². The van der Waals surface area contributed by atoms with Gasteiger partial charge in [-0.3, -0.25) is 4.79 Å². The van der Waals surface area contributed by atoms with E-state index in [1.54, 1.807) is 13.8 Å². The van der Waals surface area contributed by atoms with Crippen LogP contribution in [0, 0.1) is 0 Å². The topological polar surface area (TPSA) is 115 Å². The molecule has 0 radical (unpaired) electrons. The van der Waals surface area contributed by atoms with Gasteiger partial charge in [0.15, 0.2) is 0 Å². The lowest BCUT2D eigenvalue weighted by molar-refractivity contribution is -0.121. The maximum absolute atomic E-state index is 11.2. The molecule has 90 valence electrons. The first-order chi connectivity index (χ1) is 6.60. The third kappa shape index (κ3) is 11.3. The van der Waals surface area contributed by atoms with Crippen LogP contribution in [-0.2, 0) is 14.8 Å². The zero-order valence-corrected chi connectivity index (χ0v) is 9.93. The average molecular weight is 237 g/mol. The van der Waals surface area contributed by atoms with E-state index >= 15 is 0 Å². The van der Waals surface area contributed by atoms with Gasteiger partial charge < -0.3 is 11.1 Å². The minimum Gasteiger partial charge on any atom is -0.356 e. The lowest BCUT2D eigenvalue weighted by Crippen LogP contribution is -2.39. The van der Waals surface area contributed by atoms with E-state index in [0.717, 1.165) is 0 Å². The SMILES string of the molecule is CC(C)(N)CC(=O)NCCCS(N)(=O)=O. The van der Waals surface area contributed by atoms with Crippen LogP contribution in [0.3, 0.4) is 0 Å². The van der Waals surface area contributed by atoms with E-state index < -0.39 is 15.6 Å². The second-order valence-electron chi connectivity index (χ2n) is 4.24. The fourth-order valence-corrected chi connectivity index (χ4v) is 1.52. The fourth-order valence-electron chi connectivity index (χ4n) is 0.977. The molecule has 0 unspecified atom stereocenters. The van der Waals surface area contributed by atoms with Gasteiger partial charge in [0.05, 0.1) is 5.75 Å². The van der Waals surface area contributed by atoms with Gasteiger partial charge in [0.1, 0.15) is 0 Å². The van der Waals surface area contributed by atoms with E-state index in [9.17, 15) is 13.2 Å².